The molecule has 3 heterocycles. The normalized spacial score (nSPS) is 19.0. The van der Waals surface area contributed by atoms with Gasteiger partial charge >= 0.3 is 0 Å². The van der Waals surface area contributed by atoms with Gasteiger partial charge in [-0.3, -0.25) is 4.79 Å². The zero-order valence-electron chi connectivity index (χ0n) is 12.3. The van der Waals surface area contributed by atoms with Crippen molar-refractivity contribution in [2.75, 3.05) is 19.6 Å². The van der Waals surface area contributed by atoms with Gasteiger partial charge in [0.2, 0.25) is 5.91 Å². The van der Waals surface area contributed by atoms with E-state index in [2.05, 4.69) is 17.2 Å². The number of carbonyl (C=O) groups excluding carboxylic acids is 1. The van der Waals surface area contributed by atoms with E-state index in [1.165, 1.54) is 11.3 Å². The van der Waals surface area contributed by atoms with Crippen LogP contribution in [0, 0.1) is 6.92 Å². The monoisotopic (exact) mass is 305 g/mol. The number of hydrogen-bond donors (Lipinski definition) is 1. The van der Waals surface area contributed by atoms with Crippen LogP contribution in [0.4, 0.5) is 0 Å². The Morgan fingerprint density at radius 3 is 3.14 bits per heavy atom. The maximum atomic E-state index is 12.4. The number of nitrogens with zero attached hydrogens (tertiary/aromatic N) is 2. The number of amides is 1. The van der Waals surface area contributed by atoms with E-state index in [4.69, 9.17) is 4.42 Å². The number of hydrogen-bond acceptors (Lipinski definition) is 5. The molecule has 1 N–H and O–H groups in total. The van der Waals surface area contributed by atoms with Gasteiger partial charge in [-0.25, -0.2) is 4.98 Å². The second-order valence-corrected chi connectivity index (χ2v) is 6.23. The largest absolute Gasteiger partial charge is 0.459 e. The molecule has 1 aliphatic heterocycles. The number of furan rings is 1. The summed E-state index contributed by atoms with van der Waals surface area (Å²) in [6.07, 6.45) is 0.362. The number of aromatic nitrogens is 1. The second-order valence-electron chi connectivity index (χ2n) is 5.37. The molecule has 2 aromatic rings. The lowest BCUT2D eigenvalue weighted by molar-refractivity contribution is -0.133. The van der Waals surface area contributed by atoms with Crippen LogP contribution < -0.4 is 5.32 Å². The van der Waals surface area contributed by atoms with E-state index in [1.54, 1.807) is 0 Å². The first kappa shape index (κ1) is 14.3. The third-order valence-corrected chi connectivity index (χ3v) is 4.56. The van der Waals surface area contributed by atoms with Crippen molar-refractivity contribution in [1.29, 1.82) is 0 Å². The van der Waals surface area contributed by atoms with Crippen LogP contribution in [0.5, 0.6) is 0 Å². The lowest BCUT2D eigenvalue weighted by Crippen LogP contribution is -2.52. The Morgan fingerprint density at radius 2 is 2.43 bits per heavy atom. The summed E-state index contributed by atoms with van der Waals surface area (Å²) in [5, 5.41) is 6.07. The summed E-state index contributed by atoms with van der Waals surface area (Å²) in [6, 6.07) is 4.08. The first-order valence-electron chi connectivity index (χ1n) is 7.15. The van der Waals surface area contributed by atoms with Gasteiger partial charge in [0.15, 0.2) is 10.8 Å². The molecule has 0 radical (unpaired) electrons. The first-order valence-corrected chi connectivity index (χ1v) is 8.03. The molecule has 1 aliphatic rings. The van der Waals surface area contributed by atoms with E-state index in [0.717, 1.165) is 41.9 Å². The maximum absolute atomic E-state index is 12.4. The van der Waals surface area contributed by atoms with E-state index >= 15 is 0 Å². The lowest BCUT2D eigenvalue weighted by atomic mass is 10.2. The highest BCUT2D eigenvalue weighted by molar-refractivity contribution is 7.13. The first-order chi connectivity index (χ1) is 10.1. The molecule has 1 atom stereocenters. The van der Waals surface area contributed by atoms with Crippen LogP contribution in [-0.4, -0.2) is 41.5 Å². The molecular weight excluding hydrogens is 286 g/mol. The predicted molar refractivity (Wildman–Crippen MR) is 82.3 cm³/mol. The number of piperazine rings is 1. The van der Waals surface area contributed by atoms with Crippen molar-refractivity contribution >= 4 is 17.2 Å². The zero-order chi connectivity index (χ0) is 14.8. The van der Waals surface area contributed by atoms with Crippen molar-refractivity contribution in [1.82, 2.24) is 15.2 Å². The Labute approximate surface area is 128 Å². The minimum atomic E-state index is 0.150. The number of aryl methyl sites for hydroxylation is 1. The molecule has 1 amide bonds. The number of thiazole rings is 1. The topological polar surface area (TPSA) is 58.4 Å². The molecule has 21 heavy (non-hydrogen) atoms. The Balaban J connectivity index is 1.68. The molecule has 1 fully saturated rings. The van der Waals surface area contributed by atoms with Crippen molar-refractivity contribution in [2.45, 2.75) is 26.3 Å². The molecule has 5 nitrogen and oxygen atoms in total. The average molecular weight is 305 g/mol. The fourth-order valence-electron chi connectivity index (χ4n) is 2.52. The van der Waals surface area contributed by atoms with Crippen LogP contribution in [0.25, 0.3) is 10.8 Å². The Bertz CT molecular complexity index is 634. The van der Waals surface area contributed by atoms with Gasteiger partial charge in [-0.2, -0.15) is 0 Å². The summed E-state index contributed by atoms with van der Waals surface area (Å²) >= 11 is 1.52. The molecule has 0 saturated carbocycles. The SMILES string of the molecule is Cc1ccc(-c2nc(CC(=O)N3CCNCC3C)cs2)o1. The number of nitrogens with one attached hydrogen (secondary N) is 1. The van der Waals surface area contributed by atoms with Gasteiger partial charge < -0.3 is 14.6 Å². The minimum Gasteiger partial charge on any atom is -0.459 e. The number of carbonyl (C=O) groups is 1. The molecule has 1 unspecified atom stereocenters. The van der Waals surface area contributed by atoms with Crippen molar-refractivity contribution in [3.8, 4) is 10.8 Å². The molecule has 6 heteroatoms. The standard InChI is InChI=1S/C15H19N3O2S/c1-10-8-16-5-6-18(10)14(19)7-12-9-21-15(17-12)13-4-3-11(2)20-13/h3-4,9-10,16H,5-8H2,1-2H3. The fraction of sp³-hybridized carbons (Fsp3) is 0.467. The Kier molecular flexibility index (Phi) is 4.07. The van der Waals surface area contributed by atoms with Gasteiger partial charge in [0, 0.05) is 31.1 Å². The van der Waals surface area contributed by atoms with E-state index in [1.807, 2.05) is 29.3 Å². The van der Waals surface area contributed by atoms with Crippen LogP contribution in [0.15, 0.2) is 21.9 Å². The number of rotatable bonds is 3. The minimum absolute atomic E-state index is 0.150. The highest BCUT2D eigenvalue weighted by Gasteiger charge is 2.23. The summed E-state index contributed by atoms with van der Waals surface area (Å²) in [7, 11) is 0. The Hall–Kier alpha value is -1.66. The van der Waals surface area contributed by atoms with Gasteiger partial charge in [-0.15, -0.1) is 11.3 Å². The lowest BCUT2D eigenvalue weighted by Gasteiger charge is -2.33. The molecule has 0 bridgehead atoms. The fourth-order valence-corrected chi connectivity index (χ4v) is 3.30. The van der Waals surface area contributed by atoms with Crippen LogP contribution in [0.3, 0.4) is 0 Å². The molecule has 0 spiro atoms. The van der Waals surface area contributed by atoms with E-state index < -0.39 is 0 Å². The van der Waals surface area contributed by atoms with Crippen LogP contribution in [0.2, 0.25) is 0 Å². The molecule has 2 aromatic heterocycles. The van der Waals surface area contributed by atoms with Crippen molar-refractivity contribution in [3.63, 3.8) is 0 Å². The summed E-state index contributed by atoms with van der Waals surface area (Å²) in [6.45, 7) is 6.48. The highest BCUT2D eigenvalue weighted by atomic mass is 32.1. The zero-order valence-corrected chi connectivity index (χ0v) is 13.1. The summed E-state index contributed by atoms with van der Waals surface area (Å²) in [5.41, 5.74) is 0.819. The van der Waals surface area contributed by atoms with Crippen molar-refractivity contribution < 1.29 is 9.21 Å². The maximum Gasteiger partial charge on any atom is 0.228 e. The quantitative estimate of drug-likeness (QED) is 0.943. The smallest absolute Gasteiger partial charge is 0.228 e. The predicted octanol–water partition coefficient (Wildman–Crippen LogP) is 2.07. The highest BCUT2D eigenvalue weighted by Crippen LogP contribution is 2.26. The van der Waals surface area contributed by atoms with Gasteiger partial charge in [0.05, 0.1) is 12.1 Å². The van der Waals surface area contributed by atoms with Crippen LogP contribution >= 0.6 is 11.3 Å². The average Bonchev–Trinajstić information content (AvgIpc) is 3.08. The van der Waals surface area contributed by atoms with Gasteiger partial charge in [0.25, 0.3) is 0 Å². The Morgan fingerprint density at radius 1 is 1.57 bits per heavy atom. The van der Waals surface area contributed by atoms with E-state index in [-0.39, 0.29) is 11.9 Å². The van der Waals surface area contributed by atoms with Gasteiger partial charge in [-0.1, -0.05) is 0 Å². The molecule has 3 rings (SSSR count). The third-order valence-electron chi connectivity index (χ3n) is 3.66. The van der Waals surface area contributed by atoms with Crippen molar-refractivity contribution in [2.24, 2.45) is 0 Å². The molecule has 0 aromatic carbocycles. The molecule has 112 valence electrons. The van der Waals surface area contributed by atoms with Gasteiger partial charge in [-0.05, 0) is 26.0 Å². The summed E-state index contributed by atoms with van der Waals surface area (Å²) in [4.78, 5) is 18.8. The summed E-state index contributed by atoms with van der Waals surface area (Å²) in [5.74, 6) is 1.79. The second kappa shape index (κ2) is 5.99. The third kappa shape index (κ3) is 3.16. The van der Waals surface area contributed by atoms with E-state index in [0.29, 0.717) is 6.42 Å². The van der Waals surface area contributed by atoms with E-state index in [9.17, 15) is 4.79 Å². The molecule has 0 aliphatic carbocycles. The van der Waals surface area contributed by atoms with Gasteiger partial charge in [0.1, 0.15) is 5.76 Å². The van der Waals surface area contributed by atoms with Crippen molar-refractivity contribution in [3.05, 3.63) is 29.0 Å². The van der Waals surface area contributed by atoms with Crippen LogP contribution in [-0.2, 0) is 11.2 Å². The molecule has 1 saturated heterocycles. The summed E-state index contributed by atoms with van der Waals surface area (Å²) < 4.78 is 5.57. The molecular formula is C15H19N3O2S. The van der Waals surface area contributed by atoms with Crippen LogP contribution in [0.1, 0.15) is 18.4 Å².